The minimum atomic E-state index is 0.0399. The summed E-state index contributed by atoms with van der Waals surface area (Å²) in [4.78, 5) is 10.5. The minimum Gasteiger partial charge on any atom is -0.473 e. The second kappa shape index (κ2) is 6.06. The molecule has 1 atom stereocenters. The van der Waals surface area contributed by atoms with E-state index in [4.69, 9.17) is 15.2 Å². The molecule has 0 aliphatic carbocycles. The lowest BCUT2D eigenvalue weighted by molar-refractivity contribution is 0.0382. The number of ether oxygens (including phenoxy) is 2. The van der Waals surface area contributed by atoms with Gasteiger partial charge in [0.15, 0.2) is 5.82 Å². The maximum absolute atomic E-state index is 6.12. The van der Waals surface area contributed by atoms with Crippen LogP contribution in [0.4, 0.5) is 11.5 Å². The number of nitrogen functional groups attached to an aromatic ring is 1. The molecule has 0 amide bonds. The monoisotopic (exact) mass is 266 g/mol. The second-order valence-corrected chi connectivity index (χ2v) is 4.93. The maximum atomic E-state index is 6.12. The van der Waals surface area contributed by atoms with Crippen molar-refractivity contribution in [3.05, 3.63) is 6.33 Å². The smallest absolute Gasteiger partial charge is 0.242 e. The van der Waals surface area contributed by atoms with Crippen LogP contribution < -0.4 is 15.4 Å². The number of nitrogens with zero attached hydrogens (tertiary/aromatic N) is 3. The summed E-state index contributed by atoms with van der Waals surface area (Å²) in [6.45, 7) is 8.30. The van der Waals surface area contributed by atoms with Crippen molar-refractivity contribution >= 4 is 11.5 Å². The van der Waals surface area contributed by atoms with Gasteiger partial charge in [-0.25, -0.2) is 4.98 Å². The van der Waals surface area contributed by atoms with E-state index in [0.29, 0.717) is 18.2 Å². The van der Waals surface area contributed by atoms with Gasteiger partial charge in [-0.15, -0.1) is 0 Å². The lowest BCUT2D eigenvalue weighted by atomic mass is 10.2. The molecule has 1 aromatic rings. The normalized spacial score (nSPS) is 19.8. The molecule has 106 valence electrons. The fraction of sp³-hybridized carbons (Fsp3) is 0.692. The SMILES string of the molecule is CCC1CN(c2ncnc(OC(C)C)c2N)CCO1. The summed E-state index contributed by atoms with van der Waals surface area (Å²) >= 11 is 0. The van der Waals surface area contributed by atoms with Crippen molar-refractivity contribution in [3.63, 3.8) is 0 Å². The van der Waals surface area contributed by atoms with Gasteiger partial charge in [-0.3, -0.25) is 0 Å². The molecule has 0 bridgehead atoms. The predicted molar refractivity (Wildman–Crippen MR) is 74.5 cm³/mol. The molecule has 2 heterocycles. The average molecular weight is 266 g/mol. The lowest BCUT2D eigenvalue weighted by Gasteiger charge is -2.33. The molecular weight excluding hydrogens is 244 g/mol. The van der Waals surface area contributed by atoms with Gasteiger partial charge in [0.1, 0.15) is 12.0 Å². The van der Waals surface area contributed by atoms with E-state index >= 15 is 0 Å². The summed E-state index contributed by atoms with van der Waals surface area (Å²) in [7, 11) is 0. The van der Waals surface area contributed by atoms with Crippen molar-refractivity contribution in [2.45, 2.75) is 39.4 Å². The van der Waals surface area contributed by atoms with Gasteiger partial charge in [0, 0.05) is 13.1 Å². The van der Waals surface area contributed by atoms with Gasteiger partial charge in [0.2, 0.25) is 5.88 Å². The third-order valence-electron chi connectivity index (χ3n) is 3.07. The fourth-order valence-corrected chi connectivity index (χ4v) is 2.10. The highest BCUT2D eigenvalue weighted by atomic mass is 16.5. The van der Waals surface area contributed by atoms with E-state index in [0.717, 1.165) is 25.3 Å². The van der Waals surface area contributed by atoms with Gasteiger partial charge in [-0.1, -0.05) is 6.92 Å². The highest BCUT2D eigenvalue weighted by Crippen LogP contribution is 2.29. The van der Waals surface area contributed by atoms with Crippen molar-refractivity contribution in [1.29, 1.82) is 0 Å². The Morgan fingerprint density at radius 1 is 1.53 bits per heavy atom. The summed E-state index contributed by atoms with van der Waals surface area (Å²) < 4.78 is 11.3. The van der Waals surface area contributed by atoms with Crippen molar-refractivity contribution < 1.29 is 9.47 Å². The van der Waals surface area contributed by atoms with Crippen molar-refractivity contribution in [2.24, 2.45) is 0 Å². The molecule has 1 fully saturated rings. The molecule has 0 radical (unpaired) electrons. The largest absolute Gasteiger partial charge is 0.473 e. The first-order chi connectivity index (χ1) is 9.11. The van der Waals surface area contributed by atoms with Gasteiger partial charge in [0.25, 0.3) is 0 Å². The molecule has 2 N–H and O–H groups in total. The Bertz CT molecular complexity index is 425. The molecule has 1 saturated heterocycles. The molecule has 2 rings (SSSR count). The molecule has 0 spiro atoms. The van der Waals surface area contributed by atoms with Gasteiger partial charge in [-0.2, -0.15) is 4.98 Å². The molecule has 19 heavy (non-hydrogen) atoms. The van der Waals surface area contributed by atoms with Gasteiger partial charge in [0.05, 0.1) is 18.8 Å². The first-order valence-corrected chi connectivity index (χ1v) is 6.75. The first kappa shape index (κ1) is 13.9. The fourth-order valence-electron chi connectivity index (χ4n) is 2.10. The van der Waals surface area contributed by atoms with Crippen LogP contribution in [0.25, 0.3) is 0 Å². The Labute approximate surface area is 113 Å². The van der Waals surface area contributed by atoms with Crippen LogP contribution in [0.2, 0.25) is 0 Å². The van der Waals surface area contributed by atoms with Crippen molar-refractivity contribution in [3.8, 4) is 5.88 Å². The first-order valence-electron chi connectivity index (χ1n) is 6.75. The van der Waals surface area contributed by atoms with Crippen LogP contribution >= 0.6 is 0 Å². The number of anilines is 2. The van der Waals surface area contributed by atoms with Crippen LogP contribution in [0, 0.1) is 0 Å². The van der Waals surface area contributed by atoms with E-state index in [-0.39, 0.29) is 12.2 Å². The highest BCUT2D eigenvalue weighted by molar-refractivity contribution is 5.67. The maximum Gasteiger partial charge on any atom is 0.242 e. The van der Waals surface area contributed by atoms with E-state index in [2.05, 4.69) is 21.8 Å². The third kappa shape index (κ3) is 3.26. The van der Waals surface area contributed by atoms with Crippen LogP contribution in [0.15, 0.2) is 6.33 Å². The zero-order valence-electron chi connectivity index (χ0n) is 11.8. The minimum absolute atomic E-state index is 0.0399. The molecule has 1 aromatic heterocycles. The molecule has 1 aliphatic heterocycles. The molecule has 0 saturated carbocycles. The Hall–Kier alpha value is -1.56. The third-order valence-corrected chi connectivity index (χ3v) is 3.07. The molecule has 1 unspecified atom stereocenters. The van der Waals surface area contributed by atoms with E-state index < -0.39 is 0 Å². The van der Waals surface area contributed by atoms with Crippen LogP contribution in [0.1, 0.15) is 27.2 Å². The highest BCUT2D eigenvalue weighted by Gasteiger charge is 2.23. The number of morpholine rings is 1. The summed E-state index contributed by atoms with van der Waals surface area (Å²) in [6.07, 6.45) is 2.76. The zero-order valence-corrected chi connectivity index (χ0v) is 11.8. The van der Waals surface area contributed by atoms with Crippen molar-refractivity contribution in [1.82, 2.24) is 9.97 Å². The summed E-state index contributed by atoms with van der Waals surface area (Å²) in [5, 5.41) is 0. The number of rotatable bonds is 4. The number of hydrogen-bond donors (Lipinski definition) is 1. The predicted octanol–water partition coefficient (Wildman–Crippen LogP) is 1.46. The Balaban J connectivity index is 2.19. The molecule has 6 heteroatoms. The van der Waals surface area contributed by atoms with Gasteiger partial charge in [-0.05, 0) is 20.3 Å². The zero-order chi connectivity index (χ0) is 13.8. The molecule has 6 nitrogen and oxygen atoms in total. The van der Waals surface area contributed by atoms with Crippen LogP contribution in [0.3, 0.4) is 0 Å². The Morgan fingerprint density at radius 2 is 2.32 bits per heavy atom. The Morgan fingerprint density at radius 3 is 3.00 bits per heavy atom. The van der Waals surface area contributed by atoms with E-state index in [1.807, 2.05) is 13.8 Å². The van der Waals surface area contributed by atoms with E-state index in [1.54, 1.807) is 0 Å². The topological polar surface area (TPSA) is 73.5 Å². The second-order valence-electron chi connectivity index (χ2n) is 4.93. The van der Waals surface area contributed by atoms with Crippen LogP contribution in [-0.4, -0.2) is 41.9 Å². The molecule has 0 aromatic carbocycles. The lowest BCUT2D eigenvalue weighted by Crippen LogP contribution is -2.43. The van der Waals surface area contributed by atoms with Crippen LogP contribution in [-0.2, 0) is 4.74 Å². The van der Waals surface area contributed by atoms with Crippen LogP contribution in [0.5, 0.6) is 5.88 Å². The standard InChI is InChI=1S/C13H22N4O2/c1-4-10-7-17(5-6-18-10)12-11(14)13(16-8-15-12)19-9(2)3/h8-10H,4-7,14H2,1-3H3. The van der Waals surface area contributed by atoms with Gasteiger partial charge >= 0.3 is 0 Å². The quantitative estimate of drug-likeness (QED) is 0.889. The van der Waals surface area contributed by atoms with Gasteiger partial charge < -0.3 is 20.1 Å². The average Bonchev–Trinajstić information content (AvgIpc) is 2.41. The number of hydrogen-bond acceptors (Lipinski definition) is 6. The van der Waals surface area contributed by atoms with E-state index in [1.165, 1.54) is 6.33 Å². The molecule has 1 aliphatic rings. The van der Waals surface area contributed by atoms with Crippen molar-refractivity contribution in [2.75, 3.05) is 30.3 Å². The van der Waals surface area contributed by atoms with E-state index in [9.17, 15) is 0 Å². The number of aromatic nitrogens is 2. The summed E-state index contributed by atoms with van der Waals surface area (Å²) in [5.41, 5.74) is 6.62. The summed E-state index contributed by atoms with van der Waals surface area (Å²) in [6, 6.07) is 0. The molecular formula is C13H22N4O2. The number of nitrogens with two attached hydrogens (primary N) is 1. The summed E-state index contributed by atoms with van der Waals surface area (Å²) in [5.74, 6) is 1.20. The Kier molecular flexibility index (Phi) is 4.42.